The van der Waals surface area contributed by atoms with E-state index >= 15 is 0 Å². The minimum Gasteiger partial charge on any atom is -0.507 e. The molecular weight excluding hydrogens is 204 g/mol. The van der Waals surface area contributed by atoms with Gasteiger partial charge in [-0.1, -0.05) is 12.1 Å². The average molecular weight is 213 g/mol. The maximum Gasteiger partial charge on any atom is 0.254 e. The van der Waals surface area contributed by atoms with Gasteiger partial charge in [-0.05, 0) is 12.1 Å². The second-order valence-electron chi connectivity index (χ2n) is 2.49. The van der Waals surface area contributed by atoms with Crippen LogP contribution in [0.15, 0.2) is 29.4 Å². The molecular formula is C9H9ClN2O2. The molecule has 0 saturated heterocycles. The largest absolute Gasteiger partial charge is 0.507 e. The van der Waals surface area contributed by atoms with Crippen molar-refractivity contribution in [1.82, 2.24) is 5.43 Å². The first-order valence-corrected chi connectivity index (χ1v) is 4.43. The Kier molecular flexibility index (Phi) is 3.94. The Balaban J connectivity index is 2.60. The predicted molar refractivity (Wildman–Crippen MR) is 54.6 cm³/mol. The van der Waals surface area contributed by atoms with Crippen molar-refractivity contribution in [1.29, 1.82) is 0 Å². The lowest BCUT2D eigenvalue weighted by Crippen LogP contribution is -2.18. The molecule has 0 atom stereocenters. The summed E-state index contributed by atoms with van der Waals surface area (Å²) in [5.74, 6) is -0.423. The zero-order valence-electron chi connectivity index (χ0n) is 7.27. The minimum atomic E-state index is -0.390. The summed E-state index contributed by atoms with van der Waals surface area (Å²) in [6.07, 6.45) is 1.35. The third-order valence-electron chi connectivity index (χ3n) is 1.45. The molecule has 0 aliphatic rings. The van der Waals surface area contributed by atoms with Crippen LogP contribution in [0.4, 0.5) is 0 Å². The number of amides is 1. The van der Waals surface area contributed by atoms with E-state index in [0.717, 1.165) is 0 Å². The summed E-state index contributed by atoms with van der Waals surface area (Å²) in [4.78, 5) is 10.7. The summed E-state index contributed by atoms with van der Waals surface area (Å²) in [5.41, 5.74) is 2.73. The number of carbonyl (C=O) groups is 1. The Bertz CT molecular complexity index is 352. The molecule has 0 aromatic heterocycles. The van der Waals surface area contributed by atoms with E-state index < -0.39 is 5.91 Å². The van der Waals surface area contributed by atoms with Gasteiger partial charge in [0.25, 0.3) is 5.91 Å². The molecule has 0 aliphatic carbocycles. The first kappa shape index (κ1) is 10.5. The Hall–Kier alpha value is -1.55. The molecule has 0 aliphatic heterocycles. The van der Waals surface area contributed by atoms with Crippen LogP contribution in [-0.4, -0.2) is 23.1 Å². The van der Waals surface area contributed by atoms with Crippen LogP contribution in [0.1, 0.15) is 5.56 Å². The molecule has 0 saturated carbocycles. The molecule has 5 heteroatoms. The van der Waals surface area contributed by atoms with Crippen molar-refractivity contribution >= 4 is 23.7 Å². The van der Waals surface area contributed by atoms with E-state index in [4.69, 9.17) is 11.6 Å². The molecule has 2 N–H and O–H groups in total. The van der Waals surface area contributed by atoms with Gasteiger partial charge in [0.2, 0.25) is 0 Å². The van der Waals surface area contributed by atoms with Crippen molar-refractivity contribution in [3.8, 4) is 5.75 Å². The van der Waals surface area contributed by atoms with Gasteiger partial charge in [0, 0.05) is 5.56 Å². The van der Waals surface area contributed by atoms with Crippen molar-refractivity contribution in [2.75, 3.05) is 5.88 Å². The van der Waals surface area contributed by atoms with Crippen LogP contribution >= 0.6 is 11.6 Å². The topological polar surface area (TPSA) is 61.7 Å². The van der Waals surface area contributed by atoms with Crippen molar-refractivity contribution in [2.45, 2.75) is 0 Å². The summed E-state index contributed by atoms with van der Waals surface area (Å²) < 4.78 is 0. The number of phenolic OH excluding ortho intramolecular Hbond substituents is 1. The average Bonchev–Trinajstić information content (AvgIpc) is 2.20. The fourth-order valence-corrected chi connectivity index (χ4v) is 0.860. The maximum absolute atomic E-state index is 10.7. The van der Waals surface area contributed by atoms with E-state index in [0.29, 0.717) is 5.56 Å². The van der Waals surface area contributed by atoms with Crippen molar-refractivity contribution in [2.24, 2.45) is 5.10 Å². The number of hydrazone groups is 1. The number of aromatic hydroxyl groups is 1. The van der Waals surface area contributed by atoms with Crippen molar-refractivity contribution in [3.63, 3.8) is 0 Å². The zero-order valence-corrected chi connectivity index (χ0v) is 8.03. The van der Waals surface area contributed by atoms with Crippen LogP contribution in [0.3, 0.4) is 0 Å². The smallest absolute Gasteiger partial charge is 0.254 e. The van der Waals surface area contributed by atoms with Crippen LogP contribution in [0.2, 0.25) is 0 Å². The number of nitrogens with zero attached hydrogens (tertiary/aromatic N) is 1. The molecule has 0 radical (unpaired) electrons. The molecule has 0 heterocycles. The molecule has 0 spiro atoms. The lowest BCUT2D eigenvalue weighted by atomic mass is 10.2. The fraction of sp³-hybridized carbons (Fsp3) is 0.111. The Morgan fingerprint density at radius 1 is 1.57 bits per heavy atom. The molecule has 1 aromatic rings. The van der Waals surface area contributed by atoms with Crippen LogP contribution in [0, 0.1) is 0 Å². The predicted octanol–water partition coefficient (Wildman–Crippen LogP) is 1.08. The number of carbonyl (C=O) groups excluding carboxylic acids is 1. The molecule has 74 valence electrons. The third kappa shape index (κ3) is 3.06. The molecule has 1 amide bonds. The lowest BCUT2D eigenvalue weighted by molar-refractivity contribution is -0.118. The van der Waals surface area contributed by atoms with E-state index in [2.05, 4.69) is 10.5 Å². The van der Waals surface area contributed by atoms with Crippen molar-refractivity contribution in [3.05, 3.63) is 29.8 Å². The molecule has 0 bridgehead atoms. The van der Waals surface area contributed by atoms with Gasteiger partial charge >= 0.3 is 0 Å². The highest BCUT2D eigenvalue weighted by Gasteiger charge is 1.96. The van der Waals surface area contributed by atoms with E-state index in [-0.39, 0.29) is 11.6 Å². The number of para-hydroxylation sites is 1. The third-order valence-corrected chi connectivity index (χ3v) is 1.69. The van der Waals surface area contributed by atoms with E-state index in [1.54, 1.807) is 18.2 Å². The number of halogens is 1. The number of nitrogens with one attached hydrogen (secondary N) is 1. The second kappa shape index (κ2) is 5.24. The van der Waals surface area contributed by atoms with Gasteiger partial charge in [-0.3, -0.25) is 4.79 Å². The molecule has 0 fully saturated rings. The highest BCUT2D eigenvalue weighted by molar-refractivity contribution is 6.27. The quantitative estimate of drug-likeness (QED) is 0.448. The zero-order chi connectivity index (χ0) is 10.4. The van der Waals surface area contributed by atoms with Gasteiger partial charge in [0.1, 0.15) is 11.6 Å². The van der Waals surface area contributed by atoms with Crippen LogP contribution in [-0.2, 0) is 4.79 Å². The monoisotopic (exact) mass is 212 g/mol. The Morgan fingerprint density at radius 2 is 2.29 bits per heavy atom. The van der Waals surface area contributed by atoms with Crippen LogP contribution in [0.25, 0.3) is 0 Å². The number of hydrogen-bond acceptors (Lipinski definition) is 3. The number of hydrogen-bond donors (Lipinski definition) is 2. The minimum absolute atomic E-state index is 0.108. The van der Waals surface area contributed by atoms with Gasteiger partial charge in [-0.25, -0.2) is 5.43 Å². The number of phenols is 1. The van der Waals surface area contributed by atoms with E-state index in [9.17, 15) is 9.90 Å². The lowest BCUT2D eigenvalue weighted by Gasteiger charge is -1.96. The molecule has 14 heavy (non-hydrogen) atoms. The SMILES string of the molecule is O=C(CCl)N/N=C/c1ccccc1O. The first-order chi connectivity index (χ1) is 6.74. The highest BCUT2D eigenvalue weighted by atomic mass is 35.5. The van der Waals surface area contributed by atoms with Gasteiger partial charge in [-0.15, -0.1) is 11.6 Å². The standard InChI is InChI=1S/C9H9ClN2O2/c10-5-9(14)12-11-6-7-3-1-2-4-8(7)13/h1-4,6,13H,5H2,(H,12,14)/b11-6+. The summed E-state index contributed by atoms with van der Waals surface area (Å²) in [6, 6.07) is 6.66. The van der Waals surface area contributed by atoms with E-state index in [1.807, 2.05) is 0 Å². The van der Waals surface area contributed by atoms with Gasteiger partial charge in [-0.2, -0.15) is 5.10 Å². The summed E-state index contributed by atoms with van der Waals surface area (Å²) in [6.45, 7) is 0. The molecule has 1 aromatic carbocycles. The normalized spacial score (nSPS) is 10.4. The molecule has 0 unspecified atom stereocenters. The first-order valence-electron chi connectivity index (χ1n) is 3.90. The number of rotatable bonds is 3. The molecule has 1 rings (SSSR count). The van der Waals surface area contributed by atoms with Gasteiger partial charge < -0.3 is 5.11 Å². The number of alkyl halides is 1. The van der Waals surface area contributed by atoms with Crippen LogP contribution in [0.5, 0.6) is 5.75 Å². The Morgan fingerprint density at radius 3 is 2.93 bits per heavy atom. The fourth-order valence-electron chi connectivity index (χ4n) is 0.800. The van der Waals surface area contributed by atoms with Crippen molar-refractivity contribution < 1.29 is 9.90 Å². The van der Waals surface area contributed by atoms with Gasteiger partial charge in [0.05, 0.1) is 6.21 Å². The van der Waals surface area contributed by atoms with Gasteiger partial charge in [0.15, 0.2) is 0 Å². The Labute approximate surface area is 86.2 Å². The molecule has 4 nitrogen and oxygen atoms in total. The second-order valence-corrected chi connectivity index (χ2v) is 2.75. The van der Waals surface area contributed by atoms with E-state index in [1.165, 1.54) is 12.3 Å². The summed E-state index contributed by atoms with van der Waals surface area (Å²) >= 11 is 5.23. The summed E-state index contributed by atoms with van der Waals surface area (Å²) in [7, 11) is 0. The number of benzene rings is 1. The van der Waals surface area contributed by atoms with Crippen LogP contribution < -0.4 is 5.43 Å². The summed E-state index contributed by atoms with van der Waals surface area (Å²) in [5, 5.41) is 12.9. The maximum atomic E-state index is 10.7. The highest BCUT2D eigenvalue weighted by Crippen LogP contribution is 2.12.